The van der Waals surface area contributed by atoms with Crippen LogP contribution in [0.25, 0.3) is 0 Å². The van der Waals surface area contributed by atoms with E-state index in [2.05, 4.69) is 27.8 Å². The largest absolute Gasteiger partial charge is 0.295 e. The highest BCUT2D eigenvalue weighted by molar-refractivity contribution is 9.09. The van der Waals surface area contributed by atoms with Gasteiger partial charge in [-0.3, -0.25) is 4.90 Å². The Morgan fingerprint density at radius 2 is 1.94 bits per heavy atom. The maximum Gasteiger partial charge on any atom is 0.126 e. The first-order chi connectivity index (χ1) is 8.10. The van der Waals surface area contributed by atoms with E-state index in [9.17, 15) is 8.78 Å². The van der Waals surface area contributed by atoms with Crippen molar-refractivity contribution in [2.24, 2.45) is 5.92 Å². The van der Waals surface area contributed by atoms with Crippen molar-refractivity contribution in [1.82, 2.24) is 4.90 Å². The predicted octanol–water partition coefficient (Wildman–Crippen LogP) is 3.57. The third kappa shape index (κ3) is 3.05. The Labute approximate surface area is 109 Å². The van der Waals surface area contributed by atoms with Gasteiger partial charge in [0.2, 0.25) is 0 Å². The van der Waals surface area contributed by atoms with Gasteiger partial charge in [-0.25, -0.2) is 8.78 Å². The summed E-state index contributed by atoms with van der Waals surface area (Å²) in [6.07, 6.45) is 1.15. The van der Waals surface area contributed by atoms with E-state index in [1.54, 1.807) is 0 Å². The fourth-order valence-corrected chi connectivity index (χ4v) is 3.52. The Morgan fingerprint density at radius 3 is 2.53 bits per heavy atom. The molecule has 1 aliphatic rings. The summed E-state index contributed by atoms with van der Waals surface area (Å²) in [6, 6.07) is 4.20. The van der Waals surface area contributed by atoms with Crippen molar-refractivity contribution in [3.05, 3.63) is 35.4 Å². The molecule has 2 atom stereocenters. The quantitative estimate of drug-likeness (QED) is 0.772. The van der Waals surface area contributed by atoms with E-state index >= 15 is 0 Å². The van der Waals surface area contributed by atoms with Gasteiger partial charge in [-0.05, 0) is 36.6 Å². The van der Waals surface area contributed by atoms with Crippen LogP contribution in [-0.2, 0) is 6.54 Å². The highest BCUT2D eigenvalue weighted by Crippen LogP contribution is 2.27. The Morgan fingerprint density at radius 1 is 1.29 bits per heavy atom. The van der Waals surface area contributed by atoms with Crippen molar-refractivity contribution in [1.29, 1.82) is 0 Å². The van der Waals surface area contributed by atoms with Crippen molar-refractivity contribution in [2.75, 3.05) is 11.9 Å². The third-order valence-corrected chi connectivity index (χ3v) is 4.13. The Hall–Kier alpha value is -0.480. The van der Waals surface area contributed by atoms with Crippen molar-refractivity contribution < 1.29 is 8.78 Å². The maximum atomic E-state index is 13.1. The van der Waals surface area contributed by atoms with Gasteiger partial charge in [0.05, 0.1) is 0 Å². The molecule has 1 aromatic rings. The molecule has 1 aromatic carbocycles. The lowest BCUT2D eigenvalue weighted by atomic mass is 10.0. The van der Waals surface area contributed by atoms with E-state index in [1.807, 2.05) is 0 Å². The smallest absolute Gasteiger partial charge is 0.126 e. The molecule has 1 heterocycles. The van der Waals surface area contributed by atoms with E-state index in [-0.39, 0.29) is 0 Å². The van der Waals surface area contributed by atoms with Crippen LogP contribution in [0.5, 0.6) is 0 Å². The topological polar surface area (TPSA) is 3.24 Å². The lowest BCUT2D eigenvalue weighted by molar-refractivity contribution is 0.243. The van der Waals surface area contributed by atoms with E-state index in [1.165, 1.54) is 12.1 Å². The molecule has 1 fully saturated rings. The molecule has 94 valence electrons. The van der Waals surface area contributed by atoms with Crippen LogP contribution in [0.1, 0.15) is 18.9 Å². The SMILES string of the molecule is CC1CCN(Cc2cc(F)cc(F)c2)C1CBr. The minimum absolute atomic E-state index is 0.460. The first-order valence-corrected chi connectivity index (χ1v) is 6.97. The molecule has 2 rings (SSSR count). The normalized spacial score (nSPS) is 25.4. The summed E-state index contributed by atoms with van der Waals surface area (Å²) in [5.41, 5.74) is 0.711. The van der Waals surface area contributed by atoms with Crippen molar-refractivity contribution in [3.8, 4) is 0 Å². The highest BCUT2D eigenvalue weighted by Gasteiger charge is 2.29. The molecule has 17 heavy (non-hydrogen) atoms. The summed E-state index contributed by atoms with van der Waals surface area (Å²) in [5.74, 6) is -0.363. The molecule has 0 N–H and O–H groups in total. The number of benzene rings is 1. The fourth-order valence-electron chi connectivity index (χ4n) is 2.47. The maximum absolute atomic E-state index is 13.1. The third-order valence-electron chi connectivity index (χ3n) is 3.46. The Bertz CT molecular complexity index is 377. The Kier molecular flexibility index (Phi) is 4.15. The molecule has 0 saturated carbocycles. The number of likely N-dealkylation sites (tertiary alicyclic amines) is 1. The van der Waals surface area contributed by atoms with E-state index in [0.717, 1.165) is 24.4 Å². The molecule has 0 amide bonds. The first kappa shape index (κ1) is 13.0. The second-order valence-electron chi connectivity index (χ2n) is 4.74. The van der Waals surface area contributed by atoms with Gasteiger partial charge in [-0.1, -0.05) is 22.9 Å². The van der Waals surface area contributed by atoms with Crippen LogP contribution in [-0.4, -0.2) is 22.8 Å². The summed E-state index contributed by atoms with van der Waals surface area (Å²) in [7, 11) is 0. The van der Waals surface area contributed by atoms with Crippen molar-refractivity contribution >= 4 is 15.9 Å². The van der Waals surface area contributed by atoms with Crippen LogP contribution in [0, 0.1) is 17.6 Å². The molecule has 4 heteroatoms. The van der Waals surface area contributed by atoms with Gasteiger partial charge in [-0.2, -0.15) is 0 Å². The van der Waals surface area contributed by atoms with Gasteiger partial charge in [0.1, 0.15) is 11.6 Å². The highest BCUT2D eigenvalue weighted by atomic mass is 79.9. The molecular weight excluding hydrogens is 288 g/mol. The average molecular weight is 304 g/mol. The second kappa shape index (κ2) is 5.44. The van der Waals surface area contributed by atoms with Gasteiger partial charge in [-0.15, -0.1) is 0 Å². The lowest BCUT2D eigenvalue weighted by Gasteiger charge is -2.25. The standard InChI is InChI=1S/C13H16BrF2N/c1-9-2-3-17(13(9)7-14)8-10-4-11(15)6-12(16)5-10/h4-6,9,13H,2-3,7-8H2,1H3. The monoisotopic (exact) mass is 303 g/mol. The zero-order valence-electron chi connectivity index (χ0n) is 9.80. The molecule has 1 aliphatic heterocycles. The van der Waals surface area contributed by atoms with Crippen LogP contribution in [0.2, 0.25) is 0 Å². The fraction of sp³-hybridized carbons (Fsp3) is 0.538. The molecule has 2 unspecified atom stereocenters. The average Bonchev–Trinajstić information content (AvgIpc) is 2.57. The first-order valence-electron chi connectivity index (χ1n) is 5.85. The van der Waals surface area contributed by atoms with Gasteiger partial charge in [0.15, 0.2) is 0 Å². The van der Waals surface area contributed by atoms with E-state index in [0.29, 0.717) is 24.1 Å². The van der Waals surface area contributed by atoms with Crippen LogP contribution in [0.3, 0.4) is 0 Å². The van der Waals surface area contributed by atoms with Gasteiger partial charge in [0.25, 0.3) is 0 Å². The number of hydrogen-bond donors (Lipinski definition) is 0. The number of rotatable bonds is 3. The van der Waals surface area contributed by atoms with Crippen molar-refractivity contribution in [3.63, 3.8) is 0 Å². The summed E-state index contributed by atoms with van der Waals surface area (Å²) in [5, 5.41) is 0.909. The summed E-state index contributed by atoms with van der Waals surface area (Å²) in [6.45, 7) is 3.84. The molecule has 1 saturated heterocycles. The molecule has 0 radical (unpaired) electrons. The zero-order chi connectivity index (χ0) is 12.4. The molecule has 0 bridgehead atoms. The molecule has 0 aliphatic carbocycles. The molecular formula is C13H16BrF2N. The van der Waals surface area contributed by atoms with E-state index < -0.39 is 11.6 Å². The molecule has 0 spiro atoms. The van der Waals surface area contributed by atoms with Gasteiger partial charge < -0.3 is 0 Å². The van der Waals surface area contributed by atoms with Gasteiger partial charge in [0, 0.05) is 24.0 Å². The number of hydrogen-bond acceptors (Lipinski definition) is 1. The molecule has 0 aromatic heterocycles. The van der Waals surface area contributed by atoms with Crippen LogP contribution in [0.4, 0.5) is 8.78 Å². The minimum atomic E-state index is -0.498. The zero-order valence-corrected chi connectivity index (χ0v) is 11.4. The van der Waals surface area contributed by atoms with Crippen LogP contribution in [0.15, 0.2) is 18.2 Å². The van der Waals surface area contributed by atoms with E-state index in [4.69, 9.17) is 0 Å². The van der Waals surface area contributed by atoms with Crippen molar-refractivity contribution in [2.45, 2.75) is 25.9 Å². The van der Waals surface area contributed by atoms with Gasteiger partial charge >= 0.3 is 0 Å². The number of nitrogens with zero attached hydrogens (tertiary/aromatic N) is 1. The molecule has 1 nitrogen and oxygen atoms in total. The van der Waals surface area contributed by atoms with Crippen LogP contribution < -0.4 is 0 Å². The summed E-state index contributed by atoms with van der Waals surface area (Å²) in [4.78, 5) is 2.29. The summed E-state index contributed by atoms with van der Waals surface area (Å²) >= 11 is 3.51. The lowest BCUT2D eigenvalue weighted by Crippen LogP contribution is -2.33. The Balaban J connectivity index is 2.10. The number of alkyl halides is 1. The van der Waals surface area contributed by atoms with Crippen LogP contribution >= 0.6 is 15.9 Å². The minimum Gasteiger partial charge on any atom is -0.295 e. The predicted molar refractivity (Wildman–Crippen MR) is 68.1 cm³/mol. The second-order valence-corrected chi connectivity index (χ2v) is 5.38. The number of halogens is 3. The summed E-state index contributed by atoms with van der Waals surface area (Å²) < 4.78 is 26.2.